The van der Waals surface area contributed by atoms with Crippen molar-refractivity contribution in [2.75, 3.05) is 6.54 Å². The molecule has 0 bridgehead atoms. The Morgan fingerprint density at radius 2 is 1.76 bits per heavy atom. The minimum absolute atomic E-state index is 0.354. The van der Waals surface area contributed by atoms with Crippen molar-refractivity contribution in [2.24, 2.45) is 17.8 Å². The molecule has 1 fully saturated rings. The Morgan fingerprint density at radius 1 is 1.18 bits per heavy atom. The van der Waals surface area contributed by atoms with E-state index in [2.05, 4.69) is 33.0 Å². The van der Waals surface area contributed by atoms with Crippen molar-refractivity contribution < 1.29 is 4.79 Å². The van der Waals surface area contributed by atoms with E-state index in [9.17, 15) is 4.79 Å². The van der Waals surface area contributed by atoms with Crippen molar-refractivity contribution in [1.29, 1.82) is 0 Å². The molecule has 0 aliphatic heterocycles. The van der Waals surface area contributed by atoms with Crippen LogP contribution in [-0.4, -0.2) is 18.4 Å². The van der Waals surface area contributed by atoms with Gasteiger partial charge in [-0.1, -0.05) is 27.7 Å². The lowest BCUT2D eigenvalue weighted by Crippen LogP contribution is -2.28. The van der Waals surface area contributed by atoms with E-state index in [1.165, 1.54) is 6.42 Å². The van der Waals surface area contributed by atoms with Crippen molar-refractivity contribution in [3.63, 3.8) is 0 Å². The van der Waals surface area contributed by atoms with E-state index in [0.717, 1.165) is 44.1 Å². The highest BCUT2D eigenvalue weighted by atomic mass is 16.1. The van der Waals surface area contributed by atoms with Crippen LogP contribution in [0, 0.1) is 17.8 Å². The molecule has 2 atom stereocenters. The zero-order valence-electron chi connectivity index (χ0n) is 12.0. The molecule has 0 heterocycles. The van der Waals surface area contributed by atoms with Gasteiger partial charge in [0.1, 0.15) is 5.78 Å². The highest BCUT2D eigenvalue weighted by molar-refractivity contribution is 5.81. The minimum atomic E-state index is 0.354. The van der Waals surface area contributed by atoms with E-state index < -0.39 is 0 Å². The summed E-state index contributed by atoms with van der Waals surface area (Å²) < 4.78 is 0. The number of nitrogens with one attached hydrogen (secondary N) is 1. The monoisotopic (exact) mass is 239 g/mol. The van der Waals surface area contributed by atoms with Gasteiger partial charge in [-0.05, 0) is 44.1 Å². The fourth-order valence-electron chi connectivity index (χ4n) is 3.07. The molecule has 1 saturated carbocycles. The van der Waals surface area contributed by atoms with Crippen LogP contribution in [0.3, 0.4) is 0 Å². The third-order valence-corrected chi connectivity index (χ3v) is 3.79. The van der Waals surface area contributed by atoms with Crippen LogP contribution in [0.4, 0.5) is 0 Å². The van der Waals surface area contributed by atoms with Crippen molar-refractivity contribution in [1.82, 2.24) is 5.32 Å². The maximum Gasteiger partial charge on any atom is 0.136 e. The van der Waals surface area contributed by atoms with Crippen LogP contribution in [0.1, 0.15) is 59.8 Å². The average molecular weight is 239 g/mol. The van der Waals surface area contributed by atoms with Gasteiger partial charge >= 0.3 is 0 Å². The molecule has 100 valence electrons. The van der Waals surface area contributed by atoms with Gasteiger partial charge in [-0.3, -0.25) is 4.79 Å². The summed E-state index contributed by atoms with van der Waals surface area (Å²) >= 11 is 0. The van der Waals surface area contributed by atoms with Crippen molar-refractivity contribution in [3.8, 4) is 0 Å². The number of carbonyl (C=O) groups is 1. The van der Waals surface area contributed by atoms with Gasteiger partial charge in [-0.2, -0.15) is 0 Å². The van der Waals surface area contributed by atoms with Crippen LogP contribution in [-0.2, 0) is 4.79 Å². The SMILES string of the molecule is CC1CC(C)CC(C(=O)CCCNC(C)C)C1. The fraction of sp³-hybridized carbons (Fsp3) is 0.933. The van der Waals surface area contributed by atoms with Crippen LogP contribution in [0.25, 0.3) is 0 Å². The first-order valence-electron chi connectivity index (χ1n) is 7.25. The maximum absolute atomic E-state index is 12.1. The molecule has 1 aliphatic carbocycles. The summed E-state index contributed by atoms with van der Waals surface area (Å²) in [5.41, 5.74) is 0. The second-order valence-corrected chi connectivity index (χ2v) is 6.29. The van der Waals surface area contributed by atoms with Gasteiger partial charge in [0.25, 0.3) is 0 Å². The van der Waals surface area contributed by atoms with Crippen molar-refractivity contribution in [2.45, 2.75) is 65.8 Å². The molecule has 2 unspecified atom stereocenters. The van der Waals surface area contributed by atoms with E-state index in [-0.39, 0.29) is 0 Å². The minimum Gasteiger partial charge on any atom is -0.315 e. The second-order valence-electron chi connectivity index (χ2n) is 6.29. The first-order chi connectivity index (χ1) is 7.99. The molecule has 0 amide bonds. The van der Waals surface area contributed by atoms with Gasteiger partial charge in [0.2, 0.25) is 0 Å². The molecule has 2 nitrogen and oxygen atoms in total. The highest BCUT2D eigenvalue weighted by Crippen LogP contribution is 2.33. The number of carbonyl (C=O) groups excluding carboxylic acids is 1. The van der Waals surface area contributed by atoms with Crippen molar-refractivity contribution >= 4 is 5.78 Å². The lowest BCUT2D eigenvalue weighted by atomic mass is 9.74. The molecule has 1 N–H and O–H groups in total. The number of rotatable bonds is 6. The zero-order valence-corrected chi connectivity index (χ0v) is 12.0. The van der Waals surface area contributed by atoms with E-state index >= 15 is 0 Å². The van der Waals surface area contributed by atoms with Crippen molar-refractivity contribution in [3.05, 3.63) is 0 Å². The van der Waals surface area contributed by atoms with E-state index in [0.29, 0.717) is 17.7 Å². The molecule has 0 saturated heterocycles. The number of Topliss-reactive ketones (excluding diaryl/α,β-unsaturated/α-hetero) is 1. The Labute approximate surface area is 107 Å². The molecule has 0 aromatic heterocycles. The third kappa shape index (κ3) is 5.67. The lowest BCUT2D eigenvalue weighted by Gasteiger charge is -2.30. The van der Waals surface area contributed by atoms with Crippen LogP contribution < -0.4 is 5.32 Å². The van der Waals surface area contributed by atoms with E-state index in [1.807, 2.05) is 0 Å². The molecule has 1 rings (SSSR count). The fourth-order valence-corrected chi connectivity index (χ4v) is 3.07. The summed E-state index contributed by atoms with van der Waals surface area (Å²) in [7, 11) is 0. The molecule has 2 heteroatoms. The summed E-state index contributed by atoms with van der Waals surface area (Å²) in [4.78, 5) is 12.1. The lowest BCUT2D eigenvalue weighted by molar-refractivity contribution is -0.124. The van der Waals surface area contributed by atoms with Gasteiger partial charge in [-0.15, -0.1) is 0 Å². The molecule has 0 aromatic carbocycles. The van der Waals surface area contributed by atoms with Gasteiger partial charge in [0, 0.05) is 18.4 Å². The Bertz CT molecular complexity index is 227. The zero-order chi connectivity index (χ0) is 12.8. The van der Waals surface area contributed by atoms with E-state index in [1.54, 1.807) is 0 Å². The Balaban J connectivity index is 2.22. The molecular weight excluding hydrogens is 210 g/mol. The first-order valence-corrected chi connectivity index (χ1v) is 7.25. The molecule has 0 radical (unpaired) electrons. The normalized spacial score (nSPS) is 29.6. The van der Waals surface area contributed by atoms with Crippen LogP contribution in [0.15, 0.2) is 0 Å². The topological polar surface area (TPSA) is 29.1 Å². The summed E-state index contributed by atoms with van der Waals surface area (Å²) in [6.45, 7) is 9.84. The van der Waals surface area contributed by atoms with Crippen LogP contribution >= 0.6 is 0 Å². The number of ketones is 1. The molecule has 0 spiro atoms. The van der Waals surface area contributed by atoms with Gasteiger partial charge in [0.05, 0.1) is 0 Å². The van der Waals surface area contributed by atoms with E-state index in [4.69, 9.17) is 0 Å². The third-order valence-electron chi connectivity index (χ3n) is 3.79. The highest BCUT2D eigenvalue weighted by Gasteiger charge is 2.28. The summed E-state index contributed by atoms with van der Waals surface area (Å²) in [6.07, 6.45) is 5.32. The number of hydrogen-bond donors (Lipinski definition) is 1. The molecule has 17 heavy (non-hydrogen) atoms. The Morgan fingerprint density at radius 3 is 2.29 bits per heavy atom. The van der Waals surface area contributed by atoms with Gasteiger partial charge in [-0.25, -0.2) is 0 Å². The predicted octanol–water partition coefficient (Wildman–Crippen LogP) is 3.41. The first kappa shape index (κ1) is 14.7. The van der Waals surface area contributed by atoms with Gasteiger partial charge in [0.15, 0.2) is 0 Å². The second kappa shape index (κ2) is 7.15. The summed E-state index contributed by atoms with van der Waals surface area (Å²) in [6, 6.07) is 0.528. The maximum atomic E-state index is 12.1. The molecular formula is C15H29NO. The van der Waals surface area contributed by atoms with Gasteiger partial charge < -0.3 is 5.32 Å². The smallest absolute Gasteiger partial charge is 0.136 e. The largest absolute Gasteiger partial charge is 0.315 e. The standard InChI is InChI=1S/C15H29NO/c1-11(2)16-7-5-6-15(17)14-9-12(3)8-13(4)10-14/h11-14,16H,5-10H2,1-4H3. The summed E-state index contributed by atoms with van der Waals surface area (Å²) in [5, 5.41) is 3.37. The quantitative estimate of drug-likeness (QED) is 0.720. The summed E-state index contributed by atoms with van der Waals surface area (Å²) in [5.74, 6) is 2.34. The predicted molar refractivity (Wildman–Crippen MR) is 73.0 cm³/mol. The molecule has 1 aliphatic rings. The molecule has 0 aromatic rings. The van der Waals surface area contributed by atoms with Crippen LogP contribution in [0.2, 0.25) is 0 Å². The Hall–Kier alpha value is -0.370. The Kier molecular flexibility index (Phi) is 6.18. The number of hydrogen-bond acceptors (Lipinski definition) is 2. The van der Waals surface area contributed by atoms with Crippen LogP contribution in [0.5, 0.6) is 0 Å². The average Bonchev–Trinajstić information content (AvgIpc) is 2.22.